The molecule has 0 aliphatic heterocycles. The SMILES string of the molecule is Cc1ccc(NC(=O)c2cccc(C(=O)O)c2)c(C)c1. The predicted molar refractivity (Wildman–Crippen MR) is 77.3 cm³/mol. The van der Waals surface area contributed by atoms with Crippen LogP contribution in [-0.4, -0.2) is 17.0 Å². The highest BCUT2D eigenvalue weighted by Gasteiger charge is 2.10. The number of rotatable bonds is 3. The van der Waals surface area contributed by atoms with E-state index in [1.54, 1.807) is 12.1 Å². The van der Waals surface area contributed by atoms with Crippen molar-refractivity contribution in [1.29, 1.82) is 0 Å². The molecule has 102 valence electrons. The van der Waals surface area contributed by atoms with Gasteiger partial charge in [-0.15, -0.1) is 0 Å². The molecule has 0 saturated heterocycles. The van der Waals surface area contributed by atoms with Crippen molar-refractivity contribution in [2.24, 2.45) is 0 Å². The second kappa shape index (κ2) is 5.57. The molecule has 20 heavy (non-hydrogen) atoms. The van der Waals surface area contributed by atoms with Crippen LogP contribution in [0.4, 0.5) is 5.69 Å². The van der Waals surface area contributed by atoms with E-state index >= 15 is 0 Å². The Labute approximate surface area is 117 Å². The fraction of sp³-hybridized carbons (Fsp3) is 0.125. The van der Waals surface area contributed by atoms with Crippen molar-refractivity contribution in [2.75, 3.05) is 5.32 Å². The Bertz CT molecular complexity index is 677. The van der Waals surface area contributed by atoms with Crippen molar-refractivity contribution in [3.05, 3.63) is 64.7 Å². The van der Waals surface area contributed by atoms with Gasteiger partial charge in [-0.25, -0.2) is 4.79 Å². The molecule has 2 N–H and O–H groups in total. The van der Waals surface area contributed by atoms with Gasteiger partial charge in [0.15, 0.2) is 0 Å². The number of hydrogen-bond acceptors (Lipinski definition) is 2. The fourth-order valence-corrected chi connectivity index (χ4v) is 1.94. The van der Waals surface area contributed by atoms with Crippen molar-refractivity contribution >= 4 is 17.6 Å². The third kappa shape index (κ3) is 3.03. The van der Waals surface area contributed by atoms with E-state index in [-0.39, 0.29) is 11.5 Å². The quantitative estimate of drug-likeness (QED) is 0.898. The largest absolute Gasteiger partial charge is 0.478 e. The Morgan fingerprint density at radius 3 is 2.35 bits per heavy atom. The van der Waals surface area contributed by atoms with Gasteiger partial charge in [0.2, 0.25) is 0 Å². The fourth-order valence-electron chi connectivity index (χ4n) is 1.94. The van der Waals surface area contributed by atoms with Crippen LogP contribution in [0.15, 0.2) is 42.5 Å². The van der Waals surface area contributed by atoms with Gasteiger partial charge >= 0.3 is 5.97 Å². The summed E-state index contributed by atoms with van der Waals surface area (Å²) in [6.07, 6.45) is 0. The van der Waals surface area contributed by atoms with E-state index in [1.807, 2.05) is 32.0 Å². The molecule has 2 aromatic rings. The Morgan fingerprint density at radius 2 is 1.70 bits per heavy atom. The summed E-state index contributed by atoms with van der Waals surface area (Å²) in [5, 5.41) is 11.7. The highest BCUT2D eigenvalue weighted by Crippen LogP contribution is 2.17. The lowest BCUT2D eigenvalue weighted by atomic mass is 10.1. The summed E-state index contributed by atoms with van der Waals surface area (Å²) in [5.41, 5.74) is 3.23. The van der Waals surface area contributed by atoms with Crippen molar-refractivity contribution in [3.8, 4) is 0 Å². The second-order valence-electron chi connectivity index (χ2n) is 4.66. The lowest BCUT2D eigenvalue weighted by molar-refractivity contribution is 0.0697. The van der Waals surface area contributed by atoms with Crippen LogP contribution in [0.1, 0.15) is 31.8 Å². The number of aromatic carboxylic acids is 1. The van der Waals surface area contributed by atoms with Gasteiger partial charge in [0.05, 0.1) is 5.56 Å². The molecule has 0 heterocycles. The number of hydrogen-bond donors (Lipinski definition) is 2. The summed E-state index contributed by atoms with van der Waals surface area (Å²) in [5.74, 6) is -1.37. The minimum atomic E-state index is -1.05. The number of carboxylic acid groups (broad SMARTS) is 1. The molecule has 4 heteroatoms. The van der Waals surface area contributed by atoms with E-state index in [4.69, 9.17) is 5.11 Å². The Balaban J connectivity index is 2.24. The van der Waals surface area contributed by atoms with E-state index in [9.17, 15) is 9.59 Å². The van der Waals surface area contributed by atoms with E-state index < -0.39 is 5.97 Å². The minimum absolute atomic E-state index is 0.0956. The van der Waals surface area contributed by atoms with Gasteiger partial charge in [0.1, 0.15) is 0 Å². The number of carboxylic acids is 1. The molecule has 0 aliphatic carbocycles. The molecule has 1 amide bonds. The van der Waals surface area contributed by atoms with E-state index in [0.717, 1.165) is 16.8 Å². The van der Waals surface area contributed by atoms with Crippen LogP contribution in [0.2, 0.25) is 0 Å². The Kier molecular flexibility index (Phi) is 3.84. The van der Waals surface area contributed by atoms with Crippen molar-refractivity contribution in [1.82, 2.24) is 0 Å². The van der Waals surface area contributed by atoms with Crippen LogP contribution in [0.5, 0.6) is 0 Å². The summed E-state index contributed by atoms with van der Waals surface area (Å²) in [6.45, 7) is 3.89. The second-order valence-corrected chi connectivity index (χ2v) is 4.66. The third-order valence-corrected chi connectivity index (χ3v) is 3.00. The first-order valence-corrected chi connectivity index (χ1v) is 6.19. The van der Waals surface area contributed by atoms with Gasteiger partial charge in [-0.2, -0.15) is 0 Å². The monoisotopic (exact) mass is 269 g/mol. The minimum Gasteiger partial charge on any atom is -0.478 e. The van der Waals surface area contributed by atoms with Crippen molar-refractivity contribution in [3.63, 3.8) is 0 Å². The van der Waals surface area contributed by atoms with Crippen molar-refractivity contribution in [2.45, 2.75) is 13.8 Å². The molecule has 0 fully saturated rings. The van der Waals surface area contributed by atoms with Crippen LogP contribution in [0.25, 0.3) is 0 Å². The Morgan fingerprint density at radius 1 is 1.00 bits per heavy atom. The van der Waals surface area contributed by atoms with Crippen LogP contribution in [-0.2, 0) is 0 Å². The van der Waals surface area contributed by atoms with Crippen LogP contribution in [0, 0.1) is 13.8 Å². The van der Waals surface area contributed by atoms with E-state index in [1.165, 1.54) is 12.1 Å². The normalized spacial score (nSPS) is 10.1. The van der Waals surface area contributed by atoms with Crippen molar-refractivity contribution < 1.29 is 14.7 Å². The summed E-state index contributed by atoms with van der Waals surface area (Å²) < 4.78 is 0. The summed E-state index contributed by atoms with van der Waals surface area (Å²) in [7, 11) is 0. The smallest absolute Gasteiger partial charge is 0.335 e. The zero-order valence-electron chi connectivity index (χ0n) is 11.3. The molecule has 0 unspecified atom stereocenters. The summed E-state index contributed by atoms with van der Waals surface area (Å²) in [4.78, 5) is 23.0. The molecular formula is C16H15NO3. The number of benzene rings is 2. The lowest BCUT2D eigenvalue weighted by Gasteiger charge is -2.09. The number of amides is 1. The zero-order chi connectivity index (χ0) is 14.7. The molecular weight excluding hydrogens is 254 g/mol. The molecule has 0 saturated carbocycles. The molecule has 2 rings (SSSR count). The summed E-state index contributed by atoms with van der Waals surface area (Å²) >= 11 is 0. The number of carbonyl (C=O) groups is 2. The molecule has 0 bridgehead atoms. The first-order valence-electron chi connectivity index (χ1n) is 6.19. The van der Waals surface area contributed by atoms with Gasteiger partial charge in [-0.3, -0.25) is 4.79 Å². The van der Waals surface area contributed by atoms with Gasteiger partial charge in [0, 0.05) is 11.3 Å². The maximum Gasteiger partial charge on any atom is 0.335 e. The van der Waals surface area contributed by atoms with Crippen LogP contribution in [0.3, 0.4) is 0 Å². The summed E-state index contributed by atoms with van der Waals surface area (Å²) in [6, 6.07) is 11.7. The average molecular weight is 269 g/mol. The van der Waals surface area contributed by atoms with Gasteiger partial charge in [-0.05, 0) is 43.7 Å². The molecule has 0 atom stereocenters. The maximum absolute atomic E-state index is 12.1. The van der Waals surface area contributed by atoms with E-state index in [0.29, 0.717) is 5.56 Å². The van der Waals surface area contributed by atoms with Gasteiger partial charge in [-0.1, -0.05) is 23.8 Å². The van der Waals surface area contributed by atoms with Crippen LogP contribution >= 0.6 is 0 Å². The van der Waals surface area contributed by atoms with Gasteiger partial charge in [0.25, 0.3) is 5.91 Å². The van der Waals surface area contributed by atoms with Crippen LogP contribution < -0.4 is 5.32 Å². The average Bonchev–Trinajstić information content (AvgIpc) is 2.42. The highest BCUT2D eigenvalue weighted by atomic mass is 16.4. The molecule has 0 radical (unpaired) electrons. The Hall–Kier alpha value is -2.62. The predicted octanol–water partition coefficient (Wildman–Crippen LogP) is 3.25. The number of nitrogens with one attached hydrogen (secondary N) is 1. The number of anilines is 1. The van der Waals surface area contributed by atoms with E-state index in [2.05, 4.69) is 5.32 Å². The van der Waals surface area contributed by atoms with Gasteiger partial charge < -0.3 is 10.4 Å². The third-order valence-electron chi connectivity index (χ3n) is 3.00. The first kappa shape index (κ1) is 13.8. The first-order chi connectivity index (χ1) is 9.47. The molecule has 0 aliphatic rings. The molecule has 0 aromatic heterocycles. The highest BCUT2D eigenvalue weighted by molar-refractivity contribution is 6.05. The topological polar surface area (TPSA) is 66.4 Å². The standard InChI is InChI=1S/C16H15NO3/c1-10-6-7-14(11(2)8-10)17-15(18)12-4-3-5-13(9-12)16(19)20/h3-9H,1-2H3,(H,17,18)(H,19,20). The number of aryl methyl sites for hydroxylation is 2. The molecule has 2 aromatic carbocycles. The number of carbonyl (C=O) groups excluding carboxylic acids is 1. The lowest BCUT2D eigenvalue weighted by Crippen LogP contribution is -2.13. The zero-order valence-corrected chi connectivity index (χ0v) is 11.3. The maximum atomic E-state index is 12.1. The molecule has 4 nitrogen and oxygen atoms in total. The molecule has 0 spiro atoms.